The van der Waals surface area contributed by atoms with Crippen LogP contribution in [-0.4, -0.2) is 65.2 Å². The van der Waals surface area contributed by atoms with Crippen molar-refractivity contribution in [1.82, 2.24) is 25.2 Å². The van der Waals surface area contributed by atoms with E-state index in [9.17, 15) is 9.18 Å². The standard InChI is InChI=1S/C23H26FN5O2/c1-17-6-7-18(14-20(17)23(30)25-8-9-28-10-12-31-13-11-28)22-16-29(27-26-22)15-19-4-2-3-5-21(19)24/h2-7,14,16H,8-13,15H2,1H3,(H,25,30). The molecule has 8 heteroatoms. The second-order valence-corrected chi connectivity index (χ2v) is 7.63. The van der Waals surface area contributed by atoms with Gasteiger partial charge >= 0.3 is 0 Å². The topological polar surface area (TPSA) is 72.3 Å². The van der Waals surface area contributed by atoms with Crippen LogP contribution in [0.2, 0.25) is 0 Å². The molecule has 162 valence electrons. The molecule has 7 nitrogen and oxygen atoms in total. The van der Waals surface area contributed by atoms with Crippen LogP contribution in [0.1, 0.15) is 21.5 Å². The predicted octanol–water partition coefficient (Wildman–Crippen LogP) is 2.50. The lowest BCUT2D eigenvalue weighted by Gasteiger charge is -2.26. The number of amides is 1. The second-order valence-electron chi connectivity index (χ2n) is 7.63. The number of carbonyl (C=O) groups excluding carboxylic acids is 1. The van der Waals surface area contributed by atoms with Crippen molar-refractivity contribution in [3.63, 3.8) is 0 Å². The van der Waals surface area contributed by atoms with E-state index in [0.717, 1.165) is 44.0 Å². The average molecular weight is 423 g/mol. The Morgan fingerprint density at radius 3 is 2.81 bits per heavy atom. The molecular weight excluding hydrogens is 397 g/mol. The van der Waals surface area contributed by atoms with Gasteiger partial charge in [-0.1, -0.05) is 35.5 Å². The molecule has 0 atom stereocenters. The number of morpholine rings is 1. The Hall–Kier alpha value is -3.10. The summed E-state index contributed by atoms with van der Waals surface area (Å²) in [7, 11) is 0. The maximum atomic E-state index is 13.9. The third-order valence-electron chi connectivity index (χ3n) is 5.42. The first-order chi connectivity index (χ1) is 15.1. The van der Waals surface area contributed by atoms with Gasteiger partial charge in [0.25, 0.3) is 5.91 Å². The molecule has 1 amide bonds. The molecule has 0 bridgehead atoms. The summed E-state index contributed by atoms with van der Waals surface area (Å²) < 4.78 is 20.8. The maximum absolute atomic E-state index is 13.9. The van der Waals surface area contributed by atoms with E-state index in [1.807, 2.05) is 25.1 Å². The highest BCUT2D eigenvalue weighted by molar-refractivity contribution is 5.96. The molecule has 4 rings (SSSR count). The van der Waals surface area contributed by atoms with Gasteiger partial charge in [0.2, 0.25) is 0 Å². The highest BCUT2D eigenvalue weighted by Crippen LogP contribution is 2.21. The first-order valence-electron chi connectivity index (χ1n) is 10.4. The molecule has 1 aliphatic rings. The Balaban J connectivity index is 1.42. The summed E-state index contributed by atoms with van der Waals surface area (Å²) in [6.45, 7) is 6.87. The number of hydrogen-bond donors (Lipinski definition) is 1. The van der Waals surface area contributed by atoms with Gasteiger partial charge in [0.1, 0.15) is 11.5 Å². The van der Waals surface area contributed by atoms with Crippen molar-refractivity contribution in [1.29, 1.82) is 0 Å². The number of nitrogens with zero attached hydrogens (tertiary/aromatic N) is 4. The summed E-state index contributed by atoms with van der Waals surface area (Å²) in [6, 6.07) is 12.3. The van der Waals surface area contributed by atoms with Gasteiger partial charge in [0.15, 0.2) is 0 Å². The molecule has 1 aliphatic heterocycles. The smallest absolute Gasteiger partial charge is 0.251 e. The zero-order valence-electron chi connectivity index (χ0n) is 17.6. The molecule has 0 radical (unpaired) electrons. The molecule has 2 heterocycles. The molecule has 3 aromatic rings. The van der Waals surface area contributed by atoms with Crippen molar-refractivity contribution in [2.24, 2.45) is 0 Å². The molecule has 1 fully saturated rings. The van der Waals surface area contributed by atoms with Gasteiger partial charge < -0.3 is 10.1 Å². The average Bonchev–Trinajstić information content (AvgIpc) is 3.25. The summed E-state index contributed by atoms with van der Waals surface area (Å²) in [5, 5.41) is 11.3. The number of benzene rings is 2. The fraction of sp³-hybridized carbons (Fsp3) is 0.348. The van der Waals surface area contributed by atoms with Gasteiger partial charge in [-0.3, -0.25) is 9.69 Å². The predicted molar refractivity (Wildman–Crippen MR) is 115 cm³/mol. The Labute approximate surface area is 180 Å². The second kappa shape index (κ2) is 9.80. The highest BCUT2D eigenvalue weighted by atomic mass is 19.1. The van der Waals surface area contributed by atoms with Gasteiger partial charge in [0.05, 0.1) is 26.0 Å². The third kappa shape index (κ3) is 5.34. The van der Waals surface area contributed by atoms with E-state index in [0.29, 0.717) is 29.9 Å². The minimum atomic E-state index is -0.272. The number of nitrogens with one attached hydrogen (secondary N) is 1. The molecule has 1 N–H and O–H groups in total. The molecule has 0 unspecified atom stereocenters. The summed E-state index contributed by atoms with van der Waals surface area (Å²) in [4.78, 5) is 15.0. The van der Waals surface area contributed by atoms with Crippen LogP contribution in [0.4, 0.5) is 4.39 Å². The largest absolute Gasteiger partial charge is 0.379 e. The first-order valence-corrected chi connectivity index (χ1v) is 10.4. The zero-order valence-corrected chi connectivity index (χ0v) is 17.6. The van der Waals surface area contributed by atoms with Gasteiger partial charge in [-0.2, -0.15) is 0 Å². The lowest BCUT2D eigenvalue weighted by atomic mass is 10.0. The van der Waals surface area contributed by atoms with Crippen molar-refractivity contribution < 1.29 is 13.9 Å². The van der Waals surface area contributed by atoms with Gasteiger partial charge in [0, 0.05) is 42.9 Å². The summed E-state index contributed by atoms with van der Waals surface area (Å²) >= 11 is 0. The molecule has 0 aliphatic carbocycles. The number of halogens is 1. The van der Waals surface area contributed by atoms with Gasteiger partial charge in [-0.05, 0) is 24.6 Å². The van der Waals surface area contributed by atoms with E-state index in [1.54, 1.807) is 29.1 Å². The quantitative estimate of drug-likeness (QED) is 0.632. The van der Waals surface area contributed by atoms with E-state index in [-0.39, 0.29) is 11.7 Å². The van der Waals surface area contributed by atoms with Gasteiger partial charge in [-0.25, -0.2) is 9.07 Å². The molecule has 2 aromatic carbocycles. The Kier molecular flexibility index (Phi) is 6.69. The van der Waals surface area contributed by atoms with Crippen molar-refractivity contribution in [3.05, 3.63) is 71.2 Å². The maximum Gasteiger partial charge on any atom is 0.251 e. The zero-order chi connectivity index (χ0) is 21.6. The SMILES string of the molecule is Cc1ccc(-c2cn(Cc3ccccc3F)nn2)cc1C(=O)NCCN1CCOCC1. The van der Waals surface area contributed by atoms with Crippen LogP contribution in [0, 0.1) is 12.7 Å². The number of aryl methyl sites for hydroxylation is 1. The van der Waals surface area contributed by atoms with Crippen LogP contribution in [-0.2, 0) is 11.3 Å². The van der Waals surface area contributed by atoms with Gasteiger partial charge in [-0.15, -0.1) is 5.10 Å². The molecule has 1 aromatic heterocycles. The summed E-state index contributed by atoms with van der Waals surface area (Å²) in [5.41, 5.74) is 3.49. The van der Waals surface area contributed by atoms with Crippen molar-refractivity contribution >= 4 is 5.91 Å². The van der Waals surface area contributed by atoms with E-state index in [1.165, 1.54) is 6.07 Å². The molecular formula is C23H26FN5O2. The highest BCUT2D eigenvalue weighted by Gasteiger charge is 2.14. The Bertz CT molecular complexity index is 1050. The van der Waals surface area contributed by atoms with E-state index < -0.39 is 0 Å². The molecule has 0 spiro atoms. The monoisotopic (exact) mass is 423 g/mol. The van der Waals surface area contributed by atoms with E-state index in [2.05, 4.69) is 20.5 Å². The van der Waals surface area contributed by atoms with Crippen molar-refractivity contribution in [2.75, 3.05) is 39.4 Å². The summed E-state index contributed by atoms with van der Waals surface area (Å²) in [6.07, 6.45) is 1.76. The Morgan fingerprint density at radius 2 is 2.00 bits per heavy atom. The first kappa shape index (κ1) is 21.1. The van der Waals surface area contributed by atoms with E-state index in [4.69, 9.17) is 4.74 Å². The number of ether oxygens (including phenoxy) is 1. The van der Waals surface area contributed by atoms with E-state index >= 15 is 0 Å². The van der Waals surface area contributed by atoms with Crippen LogP contribution in [0.3, 0.4) is 0 Å². The minimum Gasteiger partial charge on any atom is -0.379 e. The minimum absolute atomic E-state index is 0.105. The lowest BCUT2D eigenvalue weighted by Crippen LogP contribution is -2.41. The van der Waals surface area contributed by atoms with Crippen LogP contribution >= 0.6 is 0 Å². The number of aromatic nitrogens is 3. The Morgan fingerprint density at radius 1 is 1.19 bits per heavy atom. The van der Waals surface area contributed by atoms with Crippen LogP contribution in [0.25, 0.3) is 11.3 Å². The summed E-state index contributed by atoms with van der Waals surface area (Å²) in [5.74, 6) is -0.378. The van der Waals surface area contributed by atoms with Crippen LogP contribution < -0.4 is 5.32 Å². The van der Waals surface area contributed by atoms with Crippen LogP contribution in [0.5, 0.6) is 0 Å². The van der Waals surface area contributed by atoms with Crippen molar-refractivity contribution in [2.45, 2.75) is 13.5 Å². The fourth-order valence-corrected chi connectivity index (χ4v) is 3.58. The van der Waals surface area contributed by atoms with Crippen LogP contribution in [0.15, 0.2) is 48.7 Å². The number of hydrogen-bond acceptors (Lipinski definition) is 5. The number of rotatable bonds is 7. The van der Waals surface area contributed by atoms with Crippen molar-refractivity contribution in [3.8, 4) is 11.3 Å². The fourth-order valence-electron chi connectivity index (χ4n) is 3.58. The molecule has 1 saturated heterocycles. The normalized spacial score (nSPS) is 14.5. The molecule has 0 saturated carbocycles. The third-order valence-corrected chi connectivity index (χ3v) is 5.42. The lowest BCUT2D eigenvalue weighted by molar-refractivity contribution is 0.0383. The number of carbonyl (C=O) groups is 1. The molecule has 31 heavy (non-hydrogen) atoms.